The molecule has 1 saturated heterocycles. The minimum atomic E-state index is -4.84. The minimum absolute atomic E-state index is 0.00163. The molecule has 1 amide bonds. The van der Waals surface area contributed by atoms with E-state index in [4.69, 9.17) is 4.74 Å². The van der Waals surface area contributed by atoms with Gasteiger partial charge < -0.3 is 14.4 Å². The molecule has 1 aliphatic heterocycles. The number of halogens is 4. The van der Waals surface area contributed by atoms with Crippen LogP contribution in [0.25, 0.3) is 11.3 Å². The molecule has 14 heteroatoms. The van der Waals surface area contributed by atoms with Crippen LogP contribution in [0.2, 0.25) is 0 Å². The first-order valence-electron chi connectivity index (χ1n) is 11.6. The Balaban J connectivity index is 1.41. The Kier molecular flexibility index (Phi) is 8.09. The first kappa shape index (κ1) is 27.2. The number of carbonyl (C=O) groups excluding carboxylic acids is 2. The molecule has 9 nitrogen and oxygen atoms in total. The maximum Gasteiger partial charge on any atom is 0.420 e. The van der Waals surface area contributed by atoms with Gasteiger partial charge in [-0.2, -0.15) is 13.2 Å². The number of methoxy groups -OCH3 is 1. The molecular formula is C24H23F4N5O4S. The van der Waals surface area contributed by atoms with Crippen molar-refractivity contribution >= 4 is 34.2 Å². The van der Waals surface area contributed by atoms with Crippen LogP contribution in [-0.2, 0) is 15.7 Å². The fourth-order valence-corrected chi connectivity index (χ4v) is 4.71. The third kappa shape index (κ3) is 6.01. The van der Waals surface area contributed by atoms with Gasteiger partial charge in [-0.15, -0.1) is 11.3 Å². The number of esters is 1. The molecule has 1 fully saturated rings. The molecule has 1 aliphatic rings. The lowest BCUT2D eigenvalue weighted by atomic mass is 9.97. The molecule has 1 aromatic carbocycles. The van der Waals surface area contributed by atoms with Crippen LogP contribution in [0.4, 0.5) is 28.5 Å². The van der Waals surface area contributed by atoms with Crippen LogP contribution < -0.4 is 15.0 Å². The number of alkyl halides is 3. The van der Waals surface area contributed by atoms with E-state index < -0.39 is 29.2 Å². The van der Waals surface area contributed by atoms with Crippen molar-refractivity contribution in [1.82, 2.24) is 15.0 Å². The van der Waals surface area contributed by atoms with Gasteiger partial charge in [0.2, 0.25) is 0 Å². The quantitative estimate of drug-likeness (QED) is 0.329. The summed E-state index contributed by atoms with van der Waals surface area (Å²) in [5, 5.41) is 4.00. The van der Waals surface area contributed by atoms with Crippen molar-refractivity contribution in [2.45, 2.75) is 25.9 Å². The number of benzene rings is 1. The van der Waals surface area contributed by atoms with Gasteiger partial charge in [-0.25, -0.2) is 19.3 Å². The monoisotopic (exact) mass is 553 g/mol. The van der Waals surface area contributed by atoms with Crippen molar-refractivity contribution in [2.24, 2.45) is 5.92 Å². The van der Waals surface area contributed by atoms with Crippen molar-refractivity contribution in [3.05, 3.63) is 47.0 Å². The summed E-state index contributed by atoms with van der Waals surface area (Å²) in [5.74, 6) is -2.51. The van der Waals surface area contributed by atoms with E-state index in [2.05, 4.69) is 25.0 Å². The van der Waals surface area contributed by atoms with Crippen LogP contribution in [0, 0.1) is 11.7 Å². The van der Waals surface area contributed by atoms with E-state index >= 15 is 0 Å². The number of nitrogens with one attached hydrogen (secondary N) is 1. The van der Waals surface area contributed by atoms with Gasteiger partial charge in [0.05, 0.1) is 37.7 Å². The number of ether oxygens (including phenoxy) is 2. The summed E-state index contributed by atoms with van der Waals surface area (Å²) in [6, 6.07) is 1.62. The van der Waals surface area contributed by atoms with Crippen LogP contribution in [0.1, 0.15) is 35.8 Å². The van der Waals surface area contributed by atoms with Gasteiger partial charge in [-0.3, -0.25) is 14.9 Å². The molecule has 3 aromatic rings. The molecule has 0 bridgehead atoms. The predicted molar refractivity (Wildman–Crippen MR) is 131 cm³/mol. The first-order valence-corrected chi connectivity index (χ1v) is 12.4. The van der Waals surface area contributed by atoms with Crippen LogP contribution in [0.3, 0.4) is 0 Å². The SMILES string of the molecule is CCOC(=O)C1CCN(c2cnc(C(=O)Nc3nc(-c4cc(F)c(OC)c(C(F)(F)F)c4)cs3)cn2)CC1. The number of nitrogens with zero attached hydrogens (tertiary/aromatic N) is 4. The highest BCUT2D eigenvalue weighted by atomic mass is 32.1. The second kappa shape index (κ2) is 11.3. The summed E-state index contributed by atoms with van der Waals surface area (Å²) in [5.41, 5.74) is -1.34. The van der Waals surface area contributed by atoms with Crippen molar-refractivity contribution in [2.75, 3.05) is 37.0 Å². The van der Waals surface area contributed by atoms with E-state index in [1.807, 2.05) is 4.90 Å². The van der Waals surface area contributed by atoms with Crippen LogP contribution in [0.5, 0.6) is 5.75 Å². The lowest BCUT2D eigenvalue weighted by molar-refractivity contribution is -0.148. The fraction of sp³-hybridized carbons (Fsp3) is 0.375. The number of hydrogen-bond acceptors (Lipinski definition) is 9. The molecular weight excluding hydrogens is 530 g/mol. The van der Waals surface area contributed by atoms with Gasteiger partial charge in [0.1, 0.15) is 17.1 Å². The summed E-state index contributed by atoms with van der Waals surface area (Å²) in [6.07, 6.45) is -0.844. The molecule has 202 valence electrons. The lowest BCUT2D eigenvalue weighted by Gasteiger charge is -2.31. The van der Waals surface area contributed by atoms with Gasteiger partial charge in [-0.05, 0) is 31.9 Å². The second-order valence-corrected chi connectivity index (χ2v) is 9.16. The highest BCUT2D eigenvalue weighted by Crippen LogP contribution is 2.40. The standard InChI is InChI=1S/C24H23F4N5O4S/c1-3-37-22(35)13-4-6-33(7-5-13)19-11-29-17(10-30-19)21(34)32-23-31-18(12-38-23)14-8-15(24(26,27)28)20(36-2)16(25)9-14/h8-13H,3-7H2,1-2H3,(H,31,32,34). The number of rotatable bonds is 7. The molecule has 0 saturated carbocycles. The lowest BCUT2D eigenvalue weighted by Crippen LogP contribution is -2.37. The fourth-order valence-electron chi connectivity index (χ4n) is 3.99. The van der Waals surface area contributed by atoms with Crippen LogP contribution in [-0.4, -0.2) is 53.6 Å². The number of hydrogen-bond donors (Lipinski definition) is 1. The third-order valence-corrected chi connectivity index (χ3v) is 6.64. The van der Waals surface area contributed by atoms with Crippen molar-refractivity contribution in [3.63, 3.8) is 0 Å². The average molecular weight is 554 g/mol. The van der Waals surface area contributed by atoms with E-state index in [9.17, 15) is 27.2 Å². The number of anilines is 2. The zero-order chi connectivity index (χ0) is 27.4. The Morgan fingerprint density at radius 2 is 1.92 bits per heavy atom. The van der Waals surface area contributed by atoms with Gasteiger partial charge >= 0.3 is 12.1 Å². The maximum atomic E-state index is 14.3. The Morgan fingerprint density at radius 1 is 1.18 bits per heavy atom. The molecule has 0 unspecified atom stereocenters. The number of amides is 1. The second-order valence-electron chi connectivity index (χ2n) is 8.30. The summed E-state index contributed by atoms with van der Waals surface area (Å²) in [6.45, 7) is 3.29. The van der Waals surface area contributed by atoms with Gasteiger partial charge in [-0.1, -0.05) is 0 Å². The van der Waals surface area contributed by atoms with E-state index in [1.165, 1.54) is 17.8 Å². The molecule has 3 heterocycles. The Hall–Kier alpha value is -3.81. The average Bonchev–Trinajstić information content (AvgIpc) is 3.36. The third-order valence-electron chi connectivity index (χ3n) is 5.88. The summed E-state index contributed by atoms with van der Waals surface area (Å²) in [4.78, 5) is 39.0. The molecule has 1 N–H and O–H groups in total. The first-order chi connectivity index (χ1) is 18.1. The highest BCUT2D eigenvalue weighted by Gasteiger charge is 2.36. The molecule has 2 aromatic heterocycles. The van der Waals surface area contributed by atoms with Crippen LogP contribution in [0.15, 0.2) is 29.9 Å². The molecule has 4 rings (SSSR count). The predicted octanol–water partition coefficient (Wildman–Crippen LogP) is 4.80. The topological polar surface area (TPSA) is 107 Å². The largest absolute Gasteiger partial charge is 0.493 e. The number of piperidine rings is 1. The molecule has 0 radical (unpaired) electrons. The molecule has 38 heavy (non-hydrogen) atoms. The summed E-state index contributed by atoms with van der Waals surface area (Å²) >= 11 is 0.956. The highest BCUT2D eigenvalue weighted by molar-refractivity contribution is 7.14. The van der Waals surface area contributed by atoms with Gasteiger partial charge in [0.15, 0.2) is 16.7 Å². The number of aromatic nitrogens is 3. The normalized spacial score (nSPS) is 14.3. The van der Waals surface area contributed by atoms with E-state index in [-0.39, 0.29) is 34.0 Å². The Bertz CT molecular complexity index is 1310. The van der Waals surface area contributed by atoms with Crippen molar-refractivity contribution < 1.29 is 36.6 Å². The van der Waals surface area contributed by atoms with Crippen LogP contribution >= 0.6 is 11.3 Å². The number of carbonyl (C=O) groups is 2. The molecule has 0 aliphatic carbocycles. The van der Waals surface area contributed by atoms with E-state index in [1.54, 1.807) is 6.92 Å². The molecule has 0 spiro atoms. The Morgan fingerprint density at radius 3 is 2.53 bits per heavy atom. The summed E-state index contributed by atoms with van der Waals surface area (Å²) < 4.78 is 63.9. The maximum absolute atomic E-state index is 14.3. The smallest absolute Gasteiger partial charge is 0.420 e. The number of thiazole rings is 1. The Labute approximate surface area is 218 Å². The van der Waals surface area contributed by atoms with Gasteiger partial charge in [0.25, 0.3) is 5.91 Å². The van der Waals surface area contributed by atoms with E-state index in [0.717, 1.165) is 30.6 Å². The zero-order valence-corrected chi connectivity index (χ0v) is 21.2. The van der Waals surface area contributed by atoms with Crippen molar-refractivity contribution in [1.29, 1.82) is 0 Å². The molecule has 0 atom stereocenters. The van der Waals surface area contributed by atoms with Crippen molar-refractivity contribution in [3.8, 4) is 17.0 Å². The minimum Gasteiger partial charge on any atom is -0.493 e. The van der Waals surface area contributed by atoms with E-state index in [0.29, 0.717) is 38.4 Å². The summed E-state index contributed by atoms with van der Waals surface area (Å²) in [7, 11) is 0.952. The zero-order valence-electron chi connectivity index (χ0n) is 20.3. The van der Waals surface area contributed by atoms with Gasteiger partial charge in [0, 0.05) is 24.0 Å².